The largest absolute Gasteiger partial charge is 0.464 e. The Morgan fingerprint density at radius 2 is 1.94 bits per heavy atom. The summed E-state index contributed by atoms with van der Waals surface area (Å²) in [5.74, 6) is -2.28. The van der Waals surface area contributed by atoms with Crippen LogP contribution in [0, 0.1) is 18.4 Å². The van der Waals surface area contributed by atoms with E-state index in [0.29, 0.717) is 5.52 Å². The highest BCUT2D eigenvalue weighted by Crippen LogP contribution is 2.49. The van der Waals surface area contributed by atoms with Gasteiger partial charge in [-0.15, -0.1) is 0 Å². The number of para-hydroxylation sites is 1. The number of aliphatic hydroxyl groups is 2. The average molecular weight is 683 g/mol. The third-order valence-electron chi connectivity index (χ3n) is 8.31. The molecule has 1 aromatic carbocycles. The summed E-state index contributed by atoms with van der Waals surface area (Å²) in [7, 11) is -4.55. The fourth-order valence-electron chi connectivity index (χ4n) is 5.62. The SMILES string of the molecule is [C-]#[N+][C@]1(CO[P@](=O)(N[C@@H](C)C(=O)OCC2CCC(C(F)(F)F)CC2)Oc2ccccc2)O[C@@H](c2ccc3c(N)ncnn23)[C@H](O)[C@@H]1O. The van der Waals surface area contributed by atoms with E-state index in [1.807, 2.05) is 0 Å². The molecule has 1 aliphatic carbocycles. The summed E-state index contributed by atoms with van der Waals surface area (Å²) >= 11 is 0. The van der Waals surface area contributed by atoms with Gasteiger partial charge in [-0.1, -0.05) is 18.2 Å². The molecule has 3 heterocycles. The van der Waals surface area contributed by atoms with Crippen LogP contribution in [0.15, 0.2) is 48.8 Å². The number of carbonyl (C=O) groups is 1. The highest BCUT2D eigenvalue weighted by atomic mass is 31.2. The number of nitrogens with zero attached hydrogens (tertiary/aromatic N) is 4. The van der Waals surface area contributed by atoms with E-state index < -0.39 is 62.5 Å². The van der Waals surface area contributed by atoms with Gasteiger partial charge in [-0.05, 0) is 62.8 Å². The zero-order valence-electron chi connectivity index (χ0n) is 25.1. The lowest BCUT2D eigenvalue weighted by atomic mass is 9.82. The van der Waals surface area contributed by atoms with Crippen molar-refractivity contribution in [3.8, 4) is 5.75 Å². The topological polar surface area (TPSA) is 184 Å². The molecule has 5 N–H and O–H groups in total. The lowest BCUT2D eigenvalue weighted by molar-refractivity contribution is -0.185. The Morgan fingerprint density at radius 3 is 2.60 bits per heavy atom. The Labute approximate surface area is 267 Å². The highest BCUT2D eigenvalue weighted by Gasteiger charge is 2.62. The number of fused-ring (bicyclic) bond motifs is 1. The monoisotopic (exact) mass is 682 g/mol. The average Bonchev–Trinajstić information content (AvgIpc) is 3.58. The quantitative estimate of drug-likeness (QED) is 0.131. The molecule has 47 heavy (non-hydrogen) atoms. The van der Waals surface area contributed by atoms with Gasteiger partial charge >= 0.3 is 25.6 Å². The smallest absolute Gasteiger partial charge is 0.459 e. The number of hydrogen-bond acceptors (Lipinski definition) is 11. The summed E-state index contributed by atoms with van der Waals surface area (Å²) < 4.78 is 76.8. The maximum Gasteiger partial charge on any atom is 0.459 e. The summed E-state index contributed by atoms with van der Waals surface area (Å²) in [6, 6.07) is 9.59. The Morgan fingerprint density at radius 1 is 1.23 bits per heavy atom. The van der Waals surface area contributed by atoms with Crippen LogP contribution in [0.25, 0.3) is 10.4 Å². The van der Waals surface area contributed by atoms with Gasteiger partial charge in [0.05, 0.1) is 18.2 Å². The standard InChI is InChI=1S/C29H34F3N6O8P/c1-17(27(41)43-14-18-8-10-19(11-9-18)29(30,31)32)37-47(42,46-20-6-4-3-5-7-20)44-15-28(34-2)25(40)23(39)24(45-28)21-12-13-22-26(33)35-16-36-38(21)22/h3-7,12-13,16-19,23-25,39-40H,8-11,14-15H2,1H3,(H,37,42)(H2,33,35,36)/t17-,18?,19?,23-,24-,25-,28+,47+/m0/s1. The summed E-state index contributed by atoms with van der Waals surface area (Å²) in [6.45, 7) is 8.15. The molecule has 2 fully saturated rings. The van der Waals surface area contributed by atoms with E-state index in [0.717, 1.165) is 0 Å². The van der Waals surface area contributed by atoms with Crippen molar-refractivity contribution in [3.63, 3.8) is 0 Å². The van der Waals surface area contributed by atoms with E-state index >= 15 is 0 Å². The number of rotatable bonds is 11. The van der Waals surface area contributed by atoms with Crippen LogP contribution in [0.1, 0.15) is 44.4 Å². The van der Waals surface area contributed by atoms with Gasteiger partial charge in [-0.25, -0.2) is 20.6 Å². The lowest BCUT2D eigenvalue weighted by Crippen LogP contribution is -2.45. The molecule has 0 unspecified atom stereocenters. The number of halogens is 3. The summed E-state index contributed by atoms with van der Waals surface area (Å²) in [4.78, 5) is 20.1. The Hall–Kier alpha value is -3.78. The fraction of sp³-hybridized carbons (Fsp3) is 0.517. The van der Waals surface area contributed by atoms with Crippen molar-refractivity contribution in [1.82, 2.24) is 19.7 Å². The molecule has 1 saturated heterocycles. The summed E-state index contributed by atoms with van der Waals surface area (Å²) in [6.07, 6.45) is -7.49. The number of nitrogen functional groups attached to an aromatic ring is 1. The minimum atomic E-state index is -4.55. The molecule has 0 spiro atoms. The first kappa shape index (κ1) is 34.6. The van der Waals surface area contributed by atoms with Gasteiger partial charge in [0.15, 0.2) is 18.5 Å². The van der Waals surface area contributed by atoms with Crippen molar-refractivity contribution in [2.45, 2.75) is 68.9 Å². The van der Waals surface area contributed by atoms with Gasteiger partial charge in [-0.2, -0.15) is 23.4 Å². The van der Waals surface area contributed by atoms with Crippen molar-refractivity contribution in [1.29, 1.82) is 0 Å². The molecule has 2 aromatic heterocycles. The number of benzene rings is 1. The minimum Gasteiger partial charge on any atom is -0.464 e. The van der Waals surface area contributed by atoms with E-state index in [-0.39, 0.29) is 55.5 Å². The van der Waals surface area contributed by atoms with Crippen LogP contribution < -0.4 is 15.3 Å². The Balaban J connectivity index is 1.28. The number of esters is 1. The van der Waals surface area contributed by atoms with Gasteiger partial charge in [0, 0.05) is 0 Å². The van der Waals surface area contributed by atoms with Gasteiger partial charge in [0.2, 0.25) is 0 Å². The Kier molecular flexibility index (Phi) is 10.1. The molecular formula is C29H34F3N6O8P. The van der Waals surface area contributed by atoms with Gasteiger partial charge in [0.25, 0.3) is 0 Å². The molecule has 0 bridgehead atoms. The first-order valence-electron chi connectivity index (χ1n) is 14.8. The van der Waals surface area contributed by atoms with Crippen molar-refractivity contribution < 1.29 is 51.3 Å². The van der Waals surface area contributed by atoms with Crippen LogP contribution >= 0.6 is 7.75 Å². The Bertz CT molecular complexity index is 1650. The van der Waals surface area contributed by atoms with E-state index in [4.69, 9.17) is 30.8 Å². The predicted octanol–water partition coefficient (Wildman–Crippen LogP) is 3.81. The number of nitrogens with two attached hydrogens (primary N) is 1. The molecule has 5 rings (SSSR count). The molecule has 2 aliphatic rings. The van der Waals surface area contributed by atoms with Gasteiger partial charge in [-0.3, -0.25) is 18.9 Å². The molecule has 1 saturated carbocycles. The van der Waals surface area contributed by atoms with Gasteiger partial charge in [0.1, 0.15) is 35.8 Å². The summed E-state index contributed by atoms with van der Waals surface area (Å²) in [5.41, 5.74) is 4.25. The number of nitrogens with one attached hydrogen (secondary N) is 1. The zero-order chi connectivity index (χ0) is 34.0. The van der Waals surface area contributed by atoms with E-state index in [9.17, 15) is 32.7 Å². The second kappa shape index (κ2) is 13.8. The highest BCUT2D eigenvalue weighted by molar-refractivity contribution is 7.52. The first-order chi connectivity index (χ1) is 22.2. The van der Waals surface area contributed by atoms with Crippen molar-refractivity contribution in [3.05, 3.63) is 65.9 Å². The number of ether oxygens (including phenoxy) is 2. The molecule has 3 aromatic rings. The van der Waals surface area contributed by atoms with Crippen LogP contribution in [-0.2, 0) is 23.4 Å². The zero-order valence-corrected chi connectivity index (χ0v) is 26.0. The van der Waals surface area contributed by atoms with E-state index in [1.54, 1.807) is 24.3 Å². The normalized spacial score (nSPS) is 28.3. The first-order valence-corrected chi connectivity index (χ1v) is 16.3. The molecule has 18 heteroatoms. The van der Waals surface area contributed by atoms with Crippen LogP contribution in [0.2, 0.25) is 0 Å². The van der Waals surface area contributed by atoms with Crippen molar-refractivity contribution >= 4 is 25.1 Å². The molecule has 0 radical (unpaired) electrons. The van der Waals surface area contributed by atoms with Crippen LogP contribution in [-0.4, -0.2) is 74.1 Å². The molecule has 1 aliphatic heterocycles. The van der Waals surface area contributed by atoms with E-state index in [1.165, 1.54) is 36.0 Å². The molecule has 0 amide bonds. The number of carbonyl (C=O) groups excluding carboxylic acids is 1. The molecule has 6 atom stereocenters. The van der Waals surface area contributed by atoms with Crippen LogP contribution in [0.4, 0.5) is 19.0 Å². The lowest BCUT2D eigenvalue weighted by Gasteiger charge is -2.30. The third-order valence-corrected chi connectivity index (χ3v) is 9.93. The maximum absolute atomic E-state index is 14.1. The third kappa shape index (κ3) is 7.53. The number of anilines is 1. The van der Waals surface area contributed by atoms with Crippen LogP contribution in [0.5, 0.6) is 5.75 Å². The predicted molar refractivity (Wildman–Crippen MR) is 158 cm³/mol. The molecular weight excluding hydrogens is 648 g/mol. The summed E-state index contributed by atoms with van der Waals surface area (Å²) in [5, 5.41) is 28.5. The maximum atomic E-state index is 14.1. The van der Waals surface area contributed by atoms with E-state index in [2.05, 4.69) is 20.0 Å². The molecule has 14 nitrogen and oxygen atoms in total. The van der Waals surface area contributed by atoms with Gasteiger partial charge < -0.3 is 25.2 Å². The molecule has 254 valence electrons. The number of aliphatic hydroxyl groups excluding tert-OH is 2. The second-order valence-electron chi connectivity index (χ2n) is 11.5. The van der Waals surface area contributed by atoms with Crippen molar-refractivity contribution in [2.24, 2.45) is 11.8 Å². The number of aromatic nitrogens is 3. The number of alkyl halides is 3. The van der Waals surface area contributed by atoms with Crippen LogP contribution in [0.3, 0.4) is 0 Å². The second-order valence-corrected chi connectivity index (χ2v) is 13.2. The number of hydrogen-bond donors (Lipinski definition) is 4. The van der Waals surface area contributed by atoms with Crippen molar-refractivity contribution in [2.75, 3.05) is 18.9 Å². The fourth-order valence-corrected chi connectivity index (χ4v) is 7.13. The minimum absolute atomic E-state index is 0.0533.